The first-order chi connectivity index (χ1) is 11.9. The molecule has 6 heteroatoms. The van der Waals surface area contributed by atoms with Crippen molar-refractivity contribution < 1.29 is 19.1 Å². The highest BCUT2D eigenvalue weighted by Crippen LogP contribution is 2.42. The summed E-state index contributed by atoms with van der Waals surface area (Å²) in [6.45, 7) is 2.85. The summed E-state index contributed by atoms with van der Waals surface area (Å²) in [6.07, 6.45) is 0. The first-order valence-corrected chi connectivity index (χ1v) is 8.10. The highest BCUT2D eigenvalue weighted by atomic mass is 16.5. The number of carbonyl (C=O) groups excluding carboxylic acids is 2. The second-order valence-electron chi connectivity index (χ2n) is 6.40. The molecule has 1 aliphatic rings. The van der Waals surface area contributed by atoms with Gasteiger partial charge in [0, 0.05) is 29.6 Å². The Balaban J connectivity index is 2.28. The molecule has 0 unspecified atom stereocenters. The Morgan fingerprint density at radius 2 is 1.68 bits per heavy atom. The number of aryl methyl sites for hydroxylation is 1. The summed E-state index contributed by atoms with van der Waals surface area (Å²) < 4.78 is 11.0. The zero-order valence-electron chi connectivity index (χ0n) is 15.2. The Kier molecular flexibility index (Phi) is 4.39. The van der Waals surface area contributed by atoms with E-state index in [1.807, 2.05) is 25.9 Å². The molecule has 0 atom stereocenters. The van der Waals surface area contributed by atoms with E-state index in [2.05, 4.69) is 0 Å². The number of carbonyl (C=O) groups is 2. The van der Waals surface area contributed by atoms with Crippen molar-refractivity contribution in [1.82, 2.24) is 9.80 Å². The molecule has 1 aliphatic heterocycles. The third-order valence-corrected chi connectivity index (χ3v) is 4.53. The number of hydrogen-bond acceptors (Lipinski definition) is 5. The van der Waals surface area contributed by atoms with Gasteiger partial charge >= 0.3 is 0 Å². The smallest absolute Gasteiger partial charge is 0.261 e. The first-order valence-electron chi connectivity index (χ1n) is 8.10. The second kappa shape index (κ2) is 6.37. The van der Waals surface area contributed by atoms with Crippen molar-refractivity contribution in [1.29, 1.82) is 0 Å². The molecule has 0 fully saturated rings. The van der Waals surface area contributed by atoms with E-state index in [1.54, 1.807) is 32.4 Å². The molecule has 0 saturated heterocycles. The van der Waals surface area contributed by atoms with Gasteiger partial charge in [0.15, 0.2) is 0 Å². The van der Waals surface area contributed by atoms with Crippen LogP contribution in [0.2, 0.25) is 0 Å². The molecular weight excluding hydrogens is 320 g/mol. The molecular formula is C19H22N2O4. The molecule has 6 nitrogen and oxygen atoms in total. The van der Waals surface area contributed by atoms with Crippen molar-refractivity contribution in [2.75, 3.05) is 41.4 Å². The SMILES string of the molecule is COc1ccc2c3c(cc(C)c(OC)c13)C(=O)N(CCN(C)C)C2=O. The summed E-state index contributed by atoms with van der Waals surface area (Å²) in [7, 11) is 6.96. The highest BCUT2D eigenvalue weighted by Gasteiger charge is 2.35. The monoisotopic (exact) mass is 342 g/mol. The second-order valence-corrected chi connectivity index (χ2v) is 6.40. The molecule has 0 saturated carbocycles. The molecule has 132 valence electrons. The summed E-state index contributed by atoms with van der Waals surface area (Å²) >= 11 is 0. The van der Waals surface area contributed by atoms with E-state index in [1.165, 1.54) is 4.90 Å². The molecule has 2 aromatic rings. The fourth-order valence-corrected chi connectivity index (χ4v) is 3.31. The van der Waals surface area contributed by atoms with Gasteiger partial charge in [-0.2, -0.15) is 0 Å². The maximum Gasteiger partial charge on any atom is 0.261 e. The molecule has 1 heterocycles. The number of imide groups is 1. The Hall–Kier alpha value is -2.60. The Morgan fingerprint density at radius 1 is 1.00 bits per heavy atom. The molecule has 3 rings (SSSR count). The Labute approximate surface area is 146 Å². The van der Waals surface area contributed by atoms with Crippen LogP contribution in [0.3, 0.4) is 0 Å². The zero-order chi connectivity index (χ0) is 18.3. The quantitative estimate of drug-likeness (QED) is 0.781. The summed E-state index contributed by atoms with van der Waals surface area (Å²) in [6, 6.07) is 5.26. The van der Waals surface area contributed by atoms with Gasteiger partial charge in [-0.25, -0.2) is 0 Å². The van der Waals surface area contributed by atoms with Crippen LogP contribution in [0, 0.1) is 6.92 Å². The summed E-state index contributed by atoms with van der Waals surface area (Å²) in [5.41, 5.74) is 1.85. The van der Waals surface area contributed by atoms with Gasteiger partial charge in [0.05, 0.1) is 19.6 Å². The molecule has 2 amide bonds. The highest BCUT2D eigenvalue weighted by molar-refractivity contribution is 6.27. The van der Waals surface area contributed by atoms with Crippen molar-refractivity contribution in [3.8, 4) is 11.5 Å². The zero-order valence-corrected chi connectivity index (χ0v) is 15.2. The minimum atomic E-state index is -0.280. The van der Waals surface area contributed by atoms with Crippen LogP contribution in [-0.4, -0.2) is 63.0 Å². The normalized spacial score (nSPS) is 13.8. The predicted octanol–water partition coefficient (Wildman–Crippen LogP) is 2.32. The molecule has 0 radical (unpaired) electrons. The number of methoxy groups -OCH3 is 2. The van der Waals surface area contributed by atoms with Crippen LogP contribution in [0.25, 0.3) is 10.8 Å². The maximum atomic E-state index is 13.0. The lowest BCUT2D eigenvalue weighted by molar-refractivity contribution is 0.0601. The van der Waals surface area contributed by atoms with E-state index >= 15 is 0 Å². The van der Waals surface area contributed by atoms with E-state index in [0.29, 0.717) is 46.5 Å². The molecule has 0 spiro atoms. The minimum absolute atomic E-state index is 0.275. The molecule has 25 heavy (non-hydrogen) atoms. The van der Waals surface area contributed by atoms with Crippen molar-refractivity contribution in [3.05, 3.63) is 34.9 Å². The summed E-state index contributed by atoms with van der Waals surface area (Å²) in [5.74, 6) is 0.656. The van der Waals surface area contributed by atoms with Gasteiger partial charge in [0.2, 0.25) is 0 Å². The van der Waals surface area contributed by atoms with Crippen LogP contribution in [0.15, 0.2) is 18.2 Å². The van der Waals surface area contributed by atoms with Crippen LogP contribution in [0.1, 0.15) is 26.3 Å². The average molecular weight is 342 g/mol. The predicted molar refractivity (Wildman–Crippen MR) is 95.7 cm³/mol. The lowest BCUT2D eigenvalue weighted by atomic mass is 9.91. The summed E-state index contributed by atoms with van der Waals surface area (Å²) in [4.78, 5) is 29.2. The van der Waals surface area contributed by atoms with Gasteiger partial charge in [0.25, 0.3) is 11.8 Å². The van der Waals surface area contributed by atoms with Gasteiger partial charge in [0.1, 0.15) is 11.5 Å². The largest absolute Gasteiger partial charge is 0.496 e. The Morgan fingerprint density at radius 3 is 2.28 bits per heavy atom. The molecule has 0 N–H and O–H groups in total. The third-order valence-electron chi connectivity index (χ3n) is 4.53. The number of ether oxygens (including phenoxy) is 2. The first kappa shape index (κ1) is 17.2. The topological polar surface area (TPSA) is 59.1 Å². The third kappa shape index (κ3) is 2.62. The van der Waals surface area contributed by atoms with Crippen molar-refractivity contribution >= 4 is 22.6 Å². The van der Waals surface area contributed by atoms with E-state index < -0.39 is 0 Å². The van der Waals surface area contributed by atoms with Crippen LogP contribution in [-0.2, 0) is 0 Å². The number of amides is 2. The molecule has 0 bridgehead atoms. The van der Waals surface area contributed by atoms with Gasteiger partial charge in [-0.05, 0) is 44.8 Å². The van der Waals surface area contributed by atoms with Gasteiger partial charge < -0.3 is 14.4 Å². The van der Waals surface area contributed by atoms with E-state index in [4.69, 9.17) is 9.47 Å². The van der Waals surface area contributed by atoms with Crippen molar-refractivity contribution in [3.63, 3.8) is 0 Å². The standard InChI is InChI=1S/C19H22N2O4/c1-11-10-13-15-12(6-7-14(24-4)16(15)17(11)25-5)18(22)21(19(13)23)9-8-20(2)3/h6-7,10H,8-9H2,1-5H3. The van der Waals surface area contributed by atoms with Crippen LogP contribution in [0.5, 0.6) is 11.5 Å². The van der Waals surface area contributed by atoms with Gasteiger partial charge in [-0.3, -0.25) is 14.5 Å². The van der Waals surface area contributed by atoms with Crippen LogP contribution in [0.4, 0.5) is 0 Å². The number of benzene rings is 2. The van der Waals surface area contributed by atoms with E-state index in [0.717, 1.165) is 5.56 Å². The fourth-order valence-electron chi connectivity index (χ4n) is 3.31. The van der Waals surface area contributed by atoms with Crippen LogP contribution >= 0.6 is 0 Å². The van der Waals surface area contributed by atoms with E-state index in [-0.39, 0.29) is 11.8 Å². The van der Waals surface area contributed by atoms with Gasteiger partial charge in [-0.1, -0.05) is 0 Å². The number of rotatable bonds is 5. The lowest BCUT2D eigenvalue weighted by Crippen LogP contribution is -2.43. The fraction of sp³-hybridized carbons (Fsp3) is 0.368. The lowest BCUT2D eigenvalue weighted by Gasteiger charge is -2.29. The summed E-state index contributed by atoms with van der Waals surface area (Å²) in [5, 5.41) is 1.28. The average Bonchev–Trinajstić information content (AvgIpc) is 2.58. The molecule has 0 aromatic heterocycles. The van der Waals surface area contributed by atoms with Crippen molar-refractivity contribution in [2.45, 2.75) is 6.92 Å². The van der Waals surface area contributed by atoms with Gasteiger partial charge in [-0.15, -0.1) is 0 Å². The minimum Gasteiger partial charge on any atom is -0.496 e. The number of nitrogens with zero attached hydrogens (tertiary/aromatic N) is 2. The Bertz CT molecular complexity index is 874. The maximum absolute atomic E-state index is 13.0. The molecule has 0 aliphatic carbocycles. The van der Waals surface area contributed by atoms with Crippen molar-refractivity contribution in [2.24, 2.45) is 0 Å². The molecule has 2 aromatic carbocycles. The van der Waals surface area contributed by atoms with E-state index in [9.17, 15) is 9.59 Å². The number of likely N-dealkylation sites (N-methyl/N-ethyl adjacent to an activating group) is 1. The van der Waals surface area contributed by atoms with Crippen LogP contribution < -0.4 is 9.47 Å². The number of hydrogen-bond donors (Lipinski definition) is 0.